The molecule has 0 spiro atoms. The maximum Gasteiger partial charge on any atom is 0.327 e. The standard InChI is InChI=1S/C16H16F3N3O2/c1-9-6-21-11(7-20-9)8-22(2)15(16(23)24-3)10-4-12(17)14(19)13(18)5-10/h4-7,15H,8H2,1-3H3/t15-/m0/s1. The summed E-state index contributed by atoms with van der Waals surface area (Å²) in [4.78, 5) is 21.8. The summed E-state index contributed by atoms with van der Waals surface area (Å²) in [5.41, 5.74) is 1.23. The molecule has 0 saturated heterocycles. The number of hydrogen-bond acceptors (Lipinski definition) is 5. The number of methoxy groups -OCH3 is 1. The maximum absolute atomic E-state index is 13.5. The second kappa shape index (κ2) is 7.39. The third kappa shape index (κ3) is 3.88. The van der Waals surface area contributed by atoms with E-state index in [-0.39, 0.29) is 12.1 Å². The van der Waals surface area contributed by atoms with Crippen molar-refractivity contribution >= 4 is 5.97 Å². The average molecular weight is 339 g/mol. The molecule has 0 fully saturated rings. The van der Waals surface area contributed by atoms with Gasteiger partial charge in [0, 0.05) is 18.9 Å². The molecule has 1 aromatic carbocycles. The van der Waals surface area contributed by atoms with E-state index in [0.29, 0.717) is 5.69 Å². The lowest BCUT2D eigenvalue weighted by Gasteiger charge is -2.26. The normalized spacial score (nSPS) is 12.3. The summed E-state index contributed by atoms with van der Waals surface area (Å²) in [6.07, 6.45) is 3.10. The zero-order valence-corrected chi connectivity index (χ0v) is 13.4. The first-order valence-corrected chi connectivity index (χ1v) is 7.03. The van der Waals surface area contributed by atoms with Crippen molar-refractivity contribution in [3.05, 3.63) is 58.9 Å². The van der Waals surface area contributed by atoms with Crippen molar-refractivity contribution < 1.29 is 22.7 Å². The predicted octanol–water partition coefficient (Wildman–Crippen LogP) is 2.55. The van der Waals surface area contributed by atoms with Gasteiger partial charge in [-0.05, 0) is 31.7 Å². The lowest BCUT2D eigenvalue weighted by Crippen LogP contribution is -2.32. The molecule has 24 heavy (non-hydrogen) atoms. The van der Waals surface area contributed by atoms with E-state index in [1.807, 2.05) is 0 Å². The van der Waals surface area contributed by atoms with Gasteiger partial charge in [0.15, 0.2) is 17.5 Å². The van der Waals surface area contributed by atoms with Gasteiger partial charge in [-0.3, -0.25) is 14.9 Å². The van der Waals surface area contributed by atoms with E-state index < -0.39 is 29.5 Å². The number of hydrogen-bond donors (Lipinski definition) is 0. The first-order chi connectivity index (χ1) is 11.3. The van der Waals surface area contributed by atoms with E-state index in [0.717, 1.165) is 24.9 Å². The third-order valence-corrected chi connectivity index (χ3v) is 3.43. The van der Waals surface area contributed by atoms with E-state index >= 15 is 0 Å². The van der Waals surface area contributed by atoms with Gasteiger partial charge in [0.05, 0.1) is 18.5 Å². The molecular weight excluding hydrogens is 323 g/mol. The molecule has 0 N–H and O–H groups in total. The van der Waals surface area contributed by atoms with Gasteiger partial charge in [-0.25, -0.2) is 18.0 Å². The Kier molecular flexibility index (Phi) is 5.50. The first-order valence-electron chi connectivity index (χ1n) is 7.03. The van der Waals surface area contributed by atoms with Crippen LogP contribution in [0.15, 0.2) is 24.5 Å². The summed E-state index contributed by atoms with van der Waals surface area (Å²) in [6, 6.07) is 0.428. The molecule has 2 rings (SSSR count). The van der Waals surface area contributed by atoms with Crippen molar-refractivity contribution in [3.63, 3.8) is 0 Å². The van der Waals surface area contributed by atoms with Crippen LogP contribution in [0.2, 0.25) is 0 Å². The Balaban J connectivity index is 2.34. The number of likely N-dealkylation sites (N-methyl/N-ethyl adjacent to an activating group) is 1. The second-order valence-electron chi connectivity index (χ2n) is 5.29. The Bertz CT molecular complexity index is 715. The van der Waals surface area contributed by atoms with E-state index in [4.69, 9.17) is 4.74 Å². The van der Waals surface area contributed by atoms with Crippen molar-refractivity contribution in [1.82, 2.24) is 14.9 Å². The molecule has 0 aliphatic heterocycles. The summed E-state index contributed by atoms with van der Waals surface area (Å²) >= 11 is 0. The molecule has 0 bridgehead atoms. The fourth-order valence-electron chi connectivity index (χ4n) is 2.26. The summed E-state index contributed by atoms with van der Waals surface area (Å²) in [5, 5.41) is 0. The van der Waals surface area contributed by atoms with Gasteiger partial charge >= 0.3 is 5.97 Å². The van der Waals surface area contributed by atoms with Crippen molar-refractivity contribution in [1.29, 1.82) is 0 Å². The molecule has 0 unspecified atom stereocenters. The minimum absolute atomic E-state index is 0.0548. The molecule has 0 aliphatic carbocycles. The minimum atomic E-state index is -1.59. The molecule has 5 nitrogen and oxygen atoms in total. The number of ether oxygens (including phenoxy) is 1. The monoisotopic (exact) mass is 339 g/mol. The summed E-state index contributed by atoms with van der Waals surface area (Å²) in [6.45, 7) is 1.95. The molecule has 1 aromatic heterocycles. The van der Waals surface area contributed by atoms with Crippen LogP contribution in [-0.4, -0.2) is 35.0 Å². The van der Waals surface area contributed by atoms with Crippen molar-refractivity contribution in [2.45, 2.75) is 19.5 Å². The molecular formula is C16H16F3N3O2. The summed E-state index contributed by atoms with van der Waals surface area (Å²) in [7, 11) is 2.72. The van der Waals surface area contributed by atoms with E-state index in [1.54, 1.807) is 20.2 Å². The van der Waals surface area contributed by atoms with Crippen LogP contribution in [-0.2, 0) is 16.1 Å². The van der Waals surface area contributed by atoms with Crippen LogP contribution in [0.4, 0.5) is 13.2 Å². The first kappa shape index (κ1) is 17.9. The van der Waals surface area contributed by atoms with Crippen molar-refractivity contribution in [3.8, 4) is 0 Å². The topological polar surface area (TPSA) is 55.3 Å². The van der Waals surface area contributed by atoms with Gasteiger partial charge in [0.25, 0.3) is 0 Å². The third-order valence-electron chi connectivity index (χ3n) is 3.43. The van der Waals surface area contributed by atoms with Crippen LogP contribution in [0, 0.1) is 24.4 Å². The zero-order chi connectivity index (χ0) is 17.9. The Morgan fingerprint density at radius 2 is 1.83 bits per heavy atom. The minimum Gasteiger partial charge on any atom is -0.468 e. The Labute approximate surface area is 137 Å². The predicted molar refractivity (Wildman–Crippen MR) is 79.3 cm³/mol. The molecule has 0 radical (unpaired) electrons. The second-order valence-corrected chi connectivity index (χ2v) is 5.29. The quantitative estimate of drug-likeness (QED) is 0.619. The Hall–Kier alpha value is -2.48. The van der Waals surface area contributed by atoms with E-state index in [9.17, 15) is 18.0 Å². The van der Waals surface area contributed by atoms with Gasteiger partial charge in [-0.15, -0.1) is 0 Å². The fourth-order valence-corrected chi connectivity index (χ4v) is 2.26. The van der Waals surface area contributed by atoms with Crippen molar-refractivity contribution in [2.24, 2.45) is 0 Å². The van der Waals surface area contributed by atoms with E-state index in [1.165, 1.54) is 11.1 Å². The Morgan fingerprint density at radius 3 is 2.33 bits per heavy atom. The van der Waals surface area contributed by atoms with Gasteiger partial charge in [0.2, 0.25) is 0 Å². The lowest BCUT2D eigenvalue weighted by molar-refractivity contribution is -0.147. The summed E-state index contributed by atoms with van der Waals surface area (Å²) < 4.78 is 44.8. The van der Waals surface area contributed by atoms with Crippen LogP contribution in [0.1, 0.15) is 23.0 Å². The molecule has 1 heterocycles. The van der Waals surface area contributed by atoms with Gasteiger partial charge in [-0.1, -0.05) is 0 Å². The Morgan fingerprint density at radius 1 is 1.21 bits per heavy atom. The number of aryl methyl sites for hydroxylation is 1. The van der Waals surface area contributed by atoms with E-state index in [2.05, 4.69) is 9.97 Å². The highest BCUT2D eigenvalue weighted by molar-refractivity contribution is 5.77. The number of carbonyl (C=O) groups excluding carboxylic acids is 1. The smallest absolute Gasteiger partial charge is 0.327 e. The maximum atomic E-state index is 13.5. The number of halogens is 3. The molecule has 2 aromatic rings. The number of benzene rings is 1. The number of nitrogens with zero attached hydrogens (tertiary/aromatic N) is 3. The largest absolute Gasteiger partial charge is 0.468 e. The average Bonchev–Trinajstić information content (AvgIpc) is 2.54. The van der Waals surface area contributed by atoms with Crippen LogP contribution in [0.5, 0.6) is 0 Å². The van der Waals surface area contributed by atoms with Crippen LogP contribution < -0.4 is 0 Å². The van der Waals surface area contributed by atoms with Crippen LogP contribution in [0.3, 0.4) is 0 Å². The van der Waals surface area contributed by atoms with Crippen LogP contribution in [0.25, 0.3) is 0 Å². The molecule has 0 amide bonds. The number of aromatic nitrogens is 2. The number of esters is 1. The summed E-state index contributed by atoms with van der Waals surface area (Å²) in [5.74, 6) is -5.07. The molecule has 0 saturated carbocycles. The highest BCUT2D eigenvalue weighted by atomic mass is 19.2. The molecule has 0 aliphatic rings. The lowest BCUT2D eigenvalue weighted by atomic mass is 10.0. The van der Waals surface area contributed by atoms with Gasteiger partial charge < -0.3 is 4.74 Å². The van der Waals surface area contributed by atoms with Crippen molar-refractivity contribution in [2.75, 3.05) is 14.2 Å². The highest BCUT2D eigenvalue weighted by Gasteiger charge is 2.28. The van der Waals surface area contributed by atoms with Gasteiger partial charge in [-0.2, -0.15) is 0 Å². The SMILES string of the molecule is COC(=O)[C@H](c1cc(F)c(F)c(F)c1)N(C)Cc1cnc(C)cn1. The molecule has 8 heteroatoms. The number of carbonyl (C=O) groups is 1. The molecule has 128 valence electrons. The zero-order valence-electron chi connectivity index (χ0n) is 13.4. The fraction of sp³-hybridized carbons (Fsp3) is 0.312. The number of rotatable bonds is 5. The van der Waals surface area contributed by atoms with Gasteiger partial charge in [0.1, 0.15) is 6.04 Å². The molecule has 1 atom stereocenters. The van der Waals surface area contributed by atoms with Crippen LogP contribution >= 0.6 is 0 Å². The highest BCUT2D eigenvalue weighted by Crippen LogP contribution is 2.25.